The lowest BCUT2D eigenvalue weighted by Crippen LogP contribution is -2.38. The summed E-state index contributed by atoms with van der Waals surface area (Å²) in [4.78, 5) is 22.4. The lowest BCUT2D eigenvalue weighted by molar-refractivity contribution is -0.274. The van der Waals surface area contributed by atoms with E-state index in [1.165, 1.54) is 26.0 Å². The van der Waals surface area contributed by atoms with Gasteiger partial charge in [-0.1, -0.05) is 25.1 Å². The molecule has 0 aliphatic carbocycles. The van der Waals surface area contributed by atoms with Crippen molar-refractivity contribution in [3.8, 4) is 11.5 Å². The third-order valence-electron chi connectivity index (χ3n) is 6.29. The van der Waals surface area contributed by atoms with Crippen molar-refractivity contribution in [3.63, 3.8) is 0 Å². The van der Waals surface area contributed by atoms with Crippen LogP contribution in [0.1, 0.15) is 48.6 Å². The van der Waals surface area contributed by atoms with E-state index in [0.29, 0.717) is 31.2 Å². The first kappa shape index (κ1) is 28.7. The number of hydrogen-bond donors (Lipinski definition) is 1. The van der Waals surface area contributed by atoms with Gasteiger partial charge in [-0.05, 0) is 86.6 Å². The standard InChI is InChI=1S/C28H32F3N3O4/c1-6-20-15-32-26(33-16-20)34(17-21-7-10-23(11-8-21)37-28(29,30)31)14-13-22-9-12-24(19(3)18(22)2)38-27(4,5)25(35)36/h7-12,15-16H,6,13-14,17H2,1-5H3,(H,35,36). The number of carboxylic acid groups (broad SMARTS) is 1. The highest BCUT2D eigenvalue weighted by molar-refractivity contribution is 5.76. The van der Waals surface area contributed by atoms with E-state index >= 15 is 0 Å². The zero-order chi connectivity index (χ0) is 28.1. The van der Waals surface area contributed by atoms with Crippen LogP contribution < -0.4 is 14.4 Å². The van der Waals surface area contributed by atoms with Gasteiger partial charge in [-0.2, -0.15) is 0 Å². The minimum atomic E-state index is -4.75. The normalized spacial score (nSPS) is 11.8. The summed E-state index contributed by atoms with van der Waals surface area (Å²) in [7, 11) is 0. The highest BCUT2D eigenvalue weighted by Gasteiger charge is 2.31. The number of carboxylic acids is 1. The third-order valence-corrected chi connectivity index (χ3v) is 6.29. The van der Waals surface area contributed by atoms with Gasteiger partial charge in [0.2, 0.25) is 5.95 Å². The highest BCUT2D eigenvalue weighted by atomic mass is 19.4. The van der Waals surface area contributed by atoms with Gasteiger partial charge in [-0.25, -0.2) is 14.8 Å². The minimum absolute atomic E-state index is 0.282. The van der Waals surface area contributed by atoms with Crippen LogP contribution in [-0.2, 0) is 24.2 Å². The molecule has 0 unspecified atom stereocenters. The number of aromatic nitrogens is 2. The van der Waals surface area contributed by atoms with Crippen LogP contribution in [0.2, 0.25) is 0 Å². The smallest absolute Gasteiger partial charge is 0.478 e. The molecule has 10 heteroatoms. The van der Waals surface area contributed by atoms with Gasteiger partial charge in [-0.3, -0.25) is 0 Å². The van der Waals surface area contributed by atoms with Crippen LogP contribution in [0.3, 0.4) is 0 Å². The molecule has 3 rings (SSSR count). The molecule has 0 amide bonds. The molecule has 7 nitrogen and oxygen atoms in total. The maximum atomic E-state index is 12.5. The Balaban J connectivity index is 1.81. The van der Waals surface area contributed by atoms with Crippen molar-refractivity contribution in [2.24, 2.45) is 0 Å². The van der Waals surface area contributed by atoms with Crippen LogP contribution in [0.25, 0.3) is 0 Å². The minimum Gasteiger partial charge on any atom is -0.478 e. The zero-order valence-corrected chi connectivity index (χ0v) is 22.1. The van der Waals surface area contributed by atoms with E-state index in [9.17, 15) is 23.1 Å². The Hall–Kier alpha value is -3.82. The number of rotatable bonds is 11. The molecular weight excluding hydrogens is 499 g/mol. The largest absolute Gasteiger partial charge is 0.573 e. The third kappa shape index (κ3) is 7.60. The molecule has 1 N–H and O–H groups in total. The Labute approximate surface area is 220 Å². The van der Waals surface area contributed by atoms with E-state index in [1.54, 1.807) is 30.6 Å². The predicted octanol–water partition coefficient (Wildman–Crippen LogP) is 6.05. The fraction of sp³-hybridized carbons (Fsp3) is 0.393. The summed E-state index contributed by atoms with van der Waals surface area (Å²) in [5.41, 5.74) is 3.29. The van der Waals surface area contributed by atoms with Gasteiger partial charge in [0.05, 0.1) is 0 Å². The molecule has 0 fully saturated rings. The maximum absolute atomic E-state index is 12.5. The molecule has 1 aromatic heterocycles. The van der Waals surface area contributed by atoms with Crippen LogP contribution in [0, 0.1) is 13.8 Å². The topological polar surface area (TPSA) is 84.8 Å². The second-order valence-corrected chi connectivity index (χ2v) is 9.50. The fourth-order valence-electron chi connectivity index (χ4n) is 3.77. The van der Waals surface area contributed by atoms with Gasteiger partial charge in [0.1, 0.15) is 11.5 Å². The Morgan fingerprint density at radius 3 is 2.13 bits per heavy atom. The number of halogens is 3. The Morgan fingerprint density at radius 1 is 0.947 bits per heavy atom. The van der Waals surface area contributed by atoms with Crippen LogP contribution in [-0.4, -0.2) is 39.6 Å². The molecular formula is C28H32F3N3O4. The van der Waals surface area contributed by atoms with Crippen molar-refractivity contribution in [2.45, 2.75) is 66.0 Å². The van der Waals surface area contributed by atoms with Crippen molar-refractivity contribution in [1.29, 1.82) is 0 Å². The lowest BCUT2D eigenvalue weighted by Gasteiger charge is -2.25. The van der Waals surface area contributed by atoms with Crippen LogP contribution in [0.15, 0.2) is 48.8 Å². The molecule has 0 atom stereocenters. The van der Waals surface area contributed by atoms with Gasteiger partial charge < -0.3 is 19.5 Å². The Bertz CT molecular complexity index is 1240. The summed E-state index contributed by atoms with van der Waals surface area (Å²) in [5, 5.41) is 9.39. The fourth-order valence-corrected chi connectivity index (χ4v) is 3.77. The number of nitrogens with zero attached hydrogens (tertiary/aromatic N) is 3. The van der Waals surface area contributed by atoms with E-state index in [1.807, 2.05) is 31.7 Å². The summed E-state index contributed by atoms with van der Waals surface area (Å²) < 4.78 is 47.3. The summed E-state index contributed by atoms with van der Waals surface area (Å²) >= 11 is 0. The van der Waals surface area contributed by atoms with Gasteiger partial charge in [0.15, 0.2) is 5.60 Å². The van der Waals surface area contributed by atoms with Crippen molar-refractivity contribution in [2.75, 3.05) is 11.4 Å². The second kappa shape index (κ2) is 11.7. The molecule has 2 aromatic carbocycles. The predicted molar refractivity (Wildman–Crippen MR) is 138 cm³/mol. The molecule has 1 heterocycles. The molecule has 0 spiro atoms. The molecule has 0 saturated carbocycles. The van der Waals surface area contributed by atoms with Crippen LogP contribution >= 0.6 is 0 Å². The number of hydrogen-bond acceptors (Lipinski definition) is 6. The molecule has 38 heavy (non-hydrogen) atoms. The van der Waals surface area contributed by atoms with E-state index in [-0.39, 0.29) is 5.75 Å². The van der Waals surface area contributed by atoms with Gasteiger partial charge in [0.25, 0.3) is 0 Å². The number of alkyl halides is 3. The van der Waals surface area contributed by atoms with Gasteiger partial charge >= 0.3 is 12.3 Å². The van der Waals surface area contributed by atoms with E-state index in [0.717, 1.165) is 34.2 Å². The molecule has 204 valence electrons. The van der Waals surface area contributed by atoms with Gasteiger partial charge in [0, 0.05) is 25.5 Å². The first-order valence-electron chi connectivity index (χ1n) is 12.2. The van der Waals surface area contributed by atoms with Crippen molar-refractivity contribution in [1.82, 2.24) is 9.97 Å². The Morgan fingerprint density at radius 2 is 1.58 bits per heavy atom. The van der Waals surface area contributed by atoms with Crippen LogP contribution in [0.4, 0.5) is 19.1 Å². The molecule has 3 aromatic rings. The van der Waals surface area contributed by atoms with Crippen molar-refractivity contribution in [3.05, 3.63) is 76.6 Å². The first-order chi connectivity index (χ1) is 17.8. The highest BCUT2D eigenvalue weighted by Crippen LogP contribution is 2.29. The number of aryl methyl sites for hydroxylation is 1. The lowest BCUT2D eigenvalue weighted by atomic mass is 9.99. The average molecular weight is 532 g/mol. The number of aliphatic carboxylic acids is 1. The monoisotopic (exact) mass is 531 g/mol. The summed E-state index contributed by atoms with van der Waals surface area (Å²) in [6, 6.07) is 9.43. The first-order valence-corrected chi connectivity index (χ1v) is 12.2. The zero-order valence-electron chi connectivity index (χ0n) is 22.1. The van der Waals surface area contributed by atoms with Crippen molar-refractivity contribution < 1.29 is 32.5 Å². The van der Waals surface area contributed by atoms with Crippen molar-refractivity contribution >= 4 is 11.9 Å². The summed E-state index contributed by atoms with van der Waals surface area (Å²) in [6.07, 6.45) is 0.209. The molecule has 0 bridgehead atoms. The van der Waals surface area contributed by atoms with E-state index in [2.05, 4.69) is 14.7 Å². The molecule has 0 aliphatic heterocycles. The number of ether oxygens (including phenoxy) is 2. The number of anilines is 1. The van der Waals surface area contributed by atoms with E-state index in [4.69, 9.17) is 4.74 Å². The Kier molecular flexibility index (Phi) is 8.85. The second-order valence-electron chi connectivity index (χ2n) is 9.50. The summed E-state index contributed by atoms with van der Waals surface area (Å²) in [6.45, 7) is 9.78. The molecule has 0 radical (unpaired) electrons. The quantitative estimate of drug-likeness (QED) is 0.323. The van der Waals surface area contributed by atoms with Gasteiger partial charge in [-0.15, -0.1) is 13.2 Å². The summed E-state index contributed by atoms with van der Waals surface area (Å²) in [5.74, 6) is -0.317. The van der Waals surface area contributed by atoms with Crippen LogP contribution in [0.5, 0.6) is 11.5 Å². The number of carbonyl (C=O) groups is 1. The SMILES string of the molecule is CCc1cnc(N(CCc2ccc(OC(C)(C)C(=O)O)c(C)c2C)Cc2ccc(OC(F)(F)F)cc2)nc1. The van der Waals surface area contributed by atoms with E-state index < -0.39 is 17.9 Å². The molecule has 0 saturated heterocycles. The maximum Gasteiger partial charge on any atom is 0.573 e. The number of benzene rings is 2. The average Bonchev–Trinajstić information content (AvgIpc) is 2.85. The molecule has 0 aliphatic rings.